The molecule has 1 saturated heterocycles. The first kappa shape index (κ1) is 16.0. The van der Waals surface area contributed by atoms with Gasteiger partial charge in [-0.05, 0) is 31.3 Å². The van der Waals surface area contributed by atoms with E-state index in [1.807, 2.05) is 0 Å². The van der Waals surface area contributed by atoms with Crippen molar-refractivity contribution in [2.75, 3.05) is 13.1 Å². The smallest absolute Gasteiger partial charge is 0.270 e. The van der Waals surface area contributed by atoms with Gasteiger partial charge in [0.1, 0.15) is 17.3 Å². The first-order valence-electron chi connectivity index (χ1n) is 7.61. The fraction of sp³-hybridized carbons (Fsp3) is 0.438. The number of ketones is 1. The summed E-state index contributed by atoms with van der Waals surface area (Å²) in [6, 6.07) is 0. The van der Waals surface area contributed by atoms with Gasteiger partial charge in [0.05, 0.1) is 0 Å². The van der Waals surface area contributed by atoms with E-state index in [9.17, 15) is 14.0 Å². The number of hydrogen-bond acceptors (Lipinski definition) is 5. The molecule has 1 aliphatic heterocycles. The van der Waals surface area contributed by atoms with Crippen molar-refractivity contribution in [1.82, 2.24) is 14.9 Å². The van der Waals surface area contributed by atoms with Gasteiger partial charge in [-0.1, -0.05) is 0 Å². The molecule has 2 aromatic rings. The normalized spacial score (nSPS) is 16.6. The first-order chi connectivity index (χ1) is 11.1. The molecule has 7 heteroatoms. The van der Waals surface area contributed by atoms with Crippen molar-refractivity contribution in [1.29, 1.82) is 0 Å². The van der Waals surface area contributed by atoms with Crippen LogP contribution in [-0.4, -0.2) is 33.7 Å². The highest BCUT2D eigenvalue weighted by atomic mass is 32.1. The standard InChI is InChI=1S/C16H18FN3O2S/c17-13-10-23-9-12(13)7-15(21)11-1-5-20(6-2-11)8-14-16(22)19-4-3-18-14/h3-4,9-11H,1-2,5-8H2,(H,19,22). The van der Waals surface area contributed by atoms with Crippen molar-refractivity contribution in [2.45, 2.75) is 25.8 Å². The minimum Gasteiger partial charge on any atom is -0.326 e. The van der Waals surface area contributed by atoms with E-state index in [4.69, 9.17) is 0 Å². The van der Waals surface area contributed by atoms with Gasteiger partial charge < -0.3 is 4.98 Å². The van der Waals surface area contributed by atoms with Gasteiger partial charge in [-0.2, -0.15) is 0 Å². The second-order valence-corrected chi connectivity index (χ2v) is 6.55. The Morgan fingerprint density at radius 3 is 2.83 bits per heavy atom. The van der Waals surface area contributed by atoms with E-state index in [0.717, 1.165) is 25.9 Å². The summed E-state index contributed by atoms with van der Waals surface area (Å²) in [4.78, 5) is 32.8. The molecule has 0 spiro atoms. The Morgan fingerprint density at radius 2 is 2.17 bits per heavy atom. The Kier molecular flexibility index (Phi) is 4.97. The summed E-state index contributed by atoms with van der Waals surface area (Å²) >= 11 is 1.28. The molecule has 1 fully saturated rings. The minimum atomic E-state index is -0.282. The van der Waals surface area contributed by atoms with Crippen molar-refractivity contribution >= 4 is 17.1 Å². The van der Waals surface area contributed by atoms with Gasteiger partial charge >= 0.3 is 0 Å². The van der Waals surface area contributed by atoms with Crippen molar-refractivity contribution < 1.29 is 9.18 Å². The lowest BCUT2D eigenvalue weighted by Gasteiger charge is -2.30. The third kappa shape index (κ3) is 3.92. The van der Waals surface area contributed by atoms with Crippen LogP contribution >= 0.6 is 11.3 Å². The van der Waals surface area contributed by atoms with E-state index < -0.39 is 0 Å². The number of aromatic amines is 1. The van der Waals surface area contributed by atoms with Crippen molar-refractivity contribution in [3.63, 3.8) is 0 Å². The van der Waals surface area contributed by atoms with E-state index in [0.29, 0.717) is 17.8 Å². The number of carbonyl (C=O) groups excluding carboxylic acids is 1. The summed E-state index contributed by atoms with van der Waals surface area (Å²) < 4.78 is 13.4. The van der Waals surface area contributed by atoms with Gasteiger partial charge in [-0.15, -0.1) is 11.3 Å². The number of likely N-dealkylation sites (tertiary alicyclic amines) is 1. The molecule has 0 radical (unpaired) electrons. The fourth-order valence-corrected chi connectivity index (χ4v) is 3.58. The highest BCUT2D eigenvalue weighted by Crippen LogP contribution is 2.22. The molecule has 0 saturated carbocycles. The number of nitrogens with zero attached hydrogens (tertiary/aromatic N) is 2. The Morgan fingerprint density at radius 1 is 1.39 bits per heavy atom. The van der Waals surface area contributed by atoms with Crippen LogP contribution in [0.1, 0.15) is 24.1 Å². The second-order valence-electron chi connectivity index (χ2n) is 5.80. The molecule has 0 aliphatic carbocycles. The molecule has 1 N–H and O–H groups in total. The molecule has 0 aromatic carbocycles. The van der Waals surface area contributed by atoms with Crippen LogP contribution in [0.25, 0.3) is 0 Å². The van der Waals surface area contributed by atoms with Crippen LogP contribution in [0, 0.1) is 11.7 Å². The topological polar surface area (TPSA) is 66.1 Å². The van der Waals surface area contributed by atoms with Gasteiger partial charge in [0.2, 0.25) is 0 Å². The number of carbonyl (C=O) groups is 1. The lowest BCUT2D eigenvalue weighted by molar-refractivity contribution is -0.123. The summed E-state index contributed by atoms with van der Waals surface area (Å²) in [6.45, 7) is 1.99. The fourth-order valence-electron chi connectivity index (χ4n) is 2.89. The predicted molar refractivity (Wildman–Crippen MR) is 85.8 cm³/mol. The molecule has 1 aliphatic rings. The van der Waals surface area contributed by atoms with Gasteiger partial charge in [0.15, 0.2) is 0 Å². The van der Waals surface area contributed by atoms with Crippen LogP contribution < -0.4 is 5.56 Å². The highest BCUT2D eigenvalue weighted by molar-refractivity contribution is 7.08. The maximum atomic E-state index is 13.4. The summed E-state index contributed by atoms with van der Waals surface area (Å²) in [7, 11) is 0. The zero-order valence-corrected chi connectivity index (χ0v) is 13.4. The van der Waals surface area contributed by atoms with E-state index in [2.05, 4.69) is 14.9 Å². The molecule has 0 amide bonds. The third-order valence-corrected chi connectivity index (χ3v) is 5.01. The second kappa shape index (κ2) is 7.14. The number of thiophene rings is 1. The van der Waals surface area contributed by atoms with Crippen LogP contribution in [-0.2, 0) is 17.8 Å². The van der Waals surface area contributed by atoms with Crippen LogP contribution in [0.15, 0.2) is 27.9 Å². The molecule has 23 heavy (non-hydrogen) atoms. The number of rotatable bonds is 5. The number of piperidine rings is 1. The average molecular weight is 335 g/mol. The van der Waals surface area contributed by atoms with Crippen LogP contribution in [0.4, 0.5) is 4.39 Å². The average Bonchev–Trinajstić information content (AvgIpc) is 2.95. The van der Waals surface area contributed by atoms with Crippen molar-refractivity contribution in [3.05, 3.63) is 50.6 Å². The Hall–Kier alpha value is -1.86. The first-order valence-corrected chi connectivity index (χ1v) is 8.56. The lowest BCUT2D eigenvalue weighted by Crippen LogP contribution is -2.37. The van der Waals surface area contributed by atoms with Crippen LogP contribution in [0.3, 0.4) is 0 Å². The minimum absolute atomic E-state index is 0.0208. The Bertz CT molecular complexity index is 735. The van der Waals surface area contributed by atoms with Gasteiger partial charge in [-0.25, -0.2) is 4.39 Å². The zero-order valence-electron chi connectivity index (χ0n) is 12.6. The van der Waals surface area contributed by atoms with E-state index in [1.54, 1.807) is 11.6 Å². The van der Waals surface area contributed by atoms with Crippen molar-refractivity contribution in [2.24, 2.45) is 5.92 Å². The van der Waals surface area contributed by atoms with Gasteiger partial charge in [0.25, 0.3) is 5.56 Å². The van der Waals surface area contributed by atoms with Crippen molar-refractivity contribution in [3.8, 4) is 0 Å². The molecule has 0 bridgehead atoms. The Balaban J connectivity index is 1.52. The molecular weight excluding hydrogens is 317 g/mol. The molecule has 122 valence electrons. The number of H-pyrrole nitrogens is 1. The molecule has 5 nitrogen and oxygen atoms in total. The quantitative estimate of drug-likeness (QED) is 0.907. The Labute approximate surface area is 137 Å². The molecule has 0 atom stereocenters. The molecule has 3 heterocycles. The van der Waals surface area contributed by atoms with Crippen LogP contribution in [0.5, 0.6) is 0 Å². The summed E-state index contributed by atoms with van der Waals surface area (Å²) in [5, 5.41) is 3.13. The number of Topliss-reactive ketones (excluding diaryl/α,β-unsaturated/α-hetero) is 1. The maximum Gasteiger partial charge on any atom is 0.270 e. The molecule has 2 aromatic heterocycles. The molecule has 0 unspecified atom stereocenters. The molecule has 3 rings (SSSR count). The highest BCUT2D eigenvalue weighted by Gasteiger charge is 2.26. The maximum absolute atomic E-state index is 13.4. The molecular formula is C16H18FN3O2S. The van der Waals surface area contributed by atoms with Gasteiger partial charge in [0, 0.05) is 42.2 Å². The number of aromatic nitrogens is 2. The zero-order chi connectivity index (χ0) is 16.2. The summed E-state index contributed by atoms with van der Waals surface area (Å²) in [5.41, 5.74) is 0.832. The summed E-state index contributed by atoms with van der Waals surface area (Å²) in [5.74, 6) is -0.194. The van der Waals surface area contributed by atoms with E-state index in [1.165, 1.54) is 22.9 Å². The summed E-state index contributed by atoms with van der Waals surface area (Å²) in [6.07, 6.45) is 4.76. The van der Waals surface area contributed by atoms with E-state index >= 15 is 0 Å². The lowest BCUT2D eigenvalue weighted by atomic mass is 9.89. The SMILES string of the molecule is O=C(Cc1cscc1F)C1CCN(Cc2ncc[nH]c2=O)CC1. The third-order valence-electron chi connectivity index (χ3n) is 4.25. The number of nitrogens with one attached hydrogen (secondary N) is 1. The monoisotopic (exact) mass is 335 g/mol. The largest absolute Gasteiger partial charge is 0.326 e. The number of halogens is 1. The van der Waals surface area contributed by atoms with Gasteiger partial charge in [-0.3, -0.25) is 19.5 Å². The predicted octanol–water partition coefficient (Wildman–Crippen LogP) is 1.99. The number of hydrogen-bond donors (Lipinski definition) is 1. The van der Waals surface area contributed by atoms with E-state index in [-0.39, 0.29) is 29.5 Å². The van der Waals surface area contributed by atoms with Crippen LogP contribution in [0.2, 0.25) is 0 Å².